The Labute approximate surface area is 107 Å². The van der Waals surface area contributed by atoms with Crippen molar-refractivity contribution in [3.05, 3.63) is 29.3 Å². The third-order valence-corrected chi connectivity index (χ3v) is 3.34. The van der Waals surface area contributed by atoms with Gasteiger partial charge in [0.2, 0.25) is 11.8 Å². The number of hydrogen-bond acceptors (Lipinski definition) is 2. The van der Waals surface area contributed by atoms with Crippen molar-refractivity contribution in [3.8, 4) is 0 Å². The lowest BCUT2D eigenvalue weighted by atomic mass is 9.99. The van der Waals surface area contributed by atoms with E-state index in [0.717, 1.165) is 25.1 Å². The quantitative estimate of drug-likeness (QED) is 0.880. The highest BCUT2D eigenvalue weighted by molar-refractivity contribution is 5.93. The topological polar surface area (TPSA) is 49.4 Å². The van der Waals surface area contributed by atoms with E-state index in [2.05, 4.69) is 11.4 Å². The van der Waals surface area contributed by atoms with Gasteiger partial charge in [0.15, 0.2) is 0 Å². The Bertz CT molecular complexity index is 483. The first kappa shape index (κ1) is 12.6. The summed E-state index contributed by atoms with van der Waals surface area (Å²) in [6.07, 6.45) is 2.21. The smallest absolute Gasteiger partial charge is 0.224 e. The van der Waals surface area contributed by atoms with E-state index in [1.54, 1.807) is 18.9 Å². The summed E-state index contributed by atoms with van der Waals surface area (Å²) in [5, 5.41) is 2.87. The molecule has 1 N–H and O–H groups in total. The fourth-order valence-electron chi connectivity index (χ4n) is 2.05. The molecule has 18 heavy (non-hydrogen) atoms. The van der Waals surface area contributed by atoms with E-state index in [1.165, 1.54) is 11.1 Å². The Balaban J connectivity index is 2.03. The number of nitrogens with zero attached hydrogens (tertiary/aromatic N) is 1. The van der Waals surface area contributed by atoms with Crippen LogP contribution in [0.15, 0.2) is 18.2 Å². The monoisotopic (exact) mass is 246 g/mol. The van der Waals surface area contributed by atoms with Gasteiger partial charge in [-0.1, -0.05) is 12.1 Å². The minimum absolute atomic E-state index is 0.0835. The van der Waals surface area contributed by atoms with Gasteiger partial charge in [-0.05, 0) is 30.0 Å². The first-order valence-corrected chi connectivity index (χ1v) is 6.19. The van der Waals surface area contributed by atoms with E-state index in [9.17, 15) is 9.59 Å². The first-order valence-electron chi connectivity index (χ1n) is 6.19. The Morgan fingerprint density at radius 1 is 1.39 bits per heavy atom. The molecule has 1 aliphatic rings. The fraction of sp³-hybridized carbons (Fsp3) is 0.429. The molecule has 0 atom stereocenters. The Hall–Kier alpha value is -1.84. The zero-order chi connectivity index (χ0) is 13.1. The molecule has 0 fully saturated rings. The predicted molar refractivity (Wildman–Crippen MR) is 70.4 cm³/mol. The number of likely N-dealkylation sites (N-methyl/N-ethyl adjacent to an activating group) is 1. The third kappa shape index (κ3) is 2.88. The van der Waals surface area contributed by atoms with Gasteiger partial charge >= 0.3 is 0 Å². The second kappa shape index (κ2) is 5.21. The first-order chi connectivity index (χ1) is 8.56. The van der Waals surface area contributed by atoms with Crippen molar-refractivity contribution in [1.29, 1.82) is 0 Å². The lowest BCUT2D eigenvalue weighted by molar-refractivity contribution is -0.127. The second-order valence-electron chi connectivity index (χ2n) is 4.73. The van der Waals surface area contributed by atoms with Crippen LogP contribution in [0.5, 0.6) is 0 Å². The van der Waals surface area contributed by atoms with Gasteiger partial charge in [0.1, 0.15) is 0 Å². The summed E-state index contributed by atoms with van der Waals surface area (Å²) in [4.78, 5) is 24.1. The van der Waals surface area contributed by atoms with Crippen LogP contribution in [-0.4, -0.2) is 30.3 Å². The number of benzene rings is 1. The largest absolute Gasteiger partial charge is 0.346 e. The maximum absolute atomic E-state index is 11.2. The number of nitrogens with one attached hydrogen (secondary N) is 1. The third-order valence-electron chi connectivity index (χ3n) is 3.34. The molecule has 0 saturated carbocycles. The molecule has 0 spiro atoms. The zero-order valence-corrected chi connectivity index (χ0v) is 10.8. The number of hydrogen-bond donors (Lipinski definition) is 1. The highest BCUT2D eigenvalue weighted by Crippen LogP contribution is 2.23. The number of rotatable bonds is 3. The molecule has 1 aromatic rings. The maximum atomic E-state index is 11.2. The maximum Gasteiger partial charge on any atom is 0.224 e. The number of carbonyl (C=O) groups excluding carboxylic acids is 2. The van der Waals surface area contributed by atoms with Gasteiger partial charge in [0.25, 0.3) is 0 Å². The molecule has 2 amide bonds. The molecular formula is C14H18N2O2. The highest BCUT2D eigenvalue weighted by atomic mass is 16.2. The van der Waals surface area contributed by atoms with Crippen LogP contribution >= 0.6 is 0 Å². The van der Waals surface area contributed by atoms with E-state index in [0.29, 0.717) is 6.42 Å². The Morgan fingerprint density at radius 3 is 2.89 bits per heavy atom. The molecule has 1 heterocycles. The molecule has 4 nitrogen and oxygen atoms in total. The van der Waals surface area contributed by atoms with Crippen LogP contribution < -0.4 is 5.32 Å². The molecule has 1 aromatic carbocycles. The second-order valence-corrected chi connectivity index (χ2v) is 4.73. The number of carbonyl (C=O) groups is 2. The van der Waals surface area contributed by atoms with Crippen LogP contribution in [0.3, 0.4) is 0 Å². The molecule has 96 valence electrons. The Kier molecular flexibility index (Phi) is 3.65. The van der Waals surface area contributed by atoms with Gasteiger partial charge in [-0.2, -0.15) is 0 Å². The standard InChI is InChI=1S/C14H18N2O2/c1-10(17)16(2)8-7-11-3-5-13-12(9-11)4-6-14(18)15-13/h3,5,9H,4,6-8H2,1-2H3,(H,15,18). The summed E-state index contributed by atoms with van der Waals surface area (Å²) in [5.41, 5.74) is 3.32. The average molecular weight is 246 g/mol. The van der Waals surface area contributed by atoms with Gasteiger partial charge in [0, 0.05) is 32.6 Å². The van der Waals surface area contributed by atoms with Crippen molar-refractivity contribution >= 4 is 17.5 Å². The summed E-state index contributed by atoms with van der Waals surface area (Å²) >= 11 is 0. The van der Waals surface area contributed by atoms with Gasteiger partial charge < -0.3 is 10.2 Å². The van der Waals surface area contributed by atoms with Gasteiger partial charge in [-0.15, -0.1) is 0 Å². The minimum Gasteiger partial charge on any atom is -0.346 e. The van der Waals surface area contributed by atoms with E-state index in [4.69, 9.17) is 0 Å². The van der Waals surface area contributed by atoms with E-state index in [1.807, 2.05) is 12.1 Å². The zero-order valence-electron chi connectivity index (χ0n) is 10.8. The molecule has 4 heteroatoms. The van der Waals surface area contributed by atoms with Crippen molar-refractivity contribution in [2.45, 2.75) is 26.2 Å². The van der Waals surface area contributed by atoms with Crippen molar-refractivity contribution in [2.75, 3.05) is 18.9 Å². The molecule has 0 bridgehead atoms. The summed E-state index contributed by atoms with van der Waals surface area (Å²) in [5.74, 6) is 0.173. The van der Waals surface area contributed by atoms with Gasteiger partial charge in [-0.3, -0.25) is 9.59 Å². The van der Waals surface area contributed by atoms with Gasteiger partial charge in [-0.25, -0.2) is 0 Å². The molecule has 0 aliphatic carbocycles. The highest BCUT2D eigenvalue weighted by Gasteiger charge is 2.14. The van der Waals surface area contributed by atoms with Crippen LogP contribution in [0.25, 0.3) is 0 Å². The molecule has 2 rings (SSSR count). The van der Waals surface area contributed by atoms with E-state index in [-0.39, 0.29) is 11.8 Å². The predicted octanol–water partition coefficient (Wildman–Crippen LogP) is 1.59. The van der Waals surface area contributed by atoms with Crippen molar-refractivity contribution in [2.24, 2.45) is 0 Å². The SMILES string of the molecule is CC(=O)N(C)CCc1ccc2c(c1)CCC(=O)N2. The number of aryl methyl sites for hydroxylation is 1. The molecule has 0 unspecified atom stereocenters. The molecule has 0 aromatic heterocycles. The molecule has 1 aliphatic heterocycles. The van der Waals surface area contributed by atoms with Crippen molar-refractivity contribution < 1.29 is 9.59 Å². The normalized spacial score (nSPS) is 13.8. The Morgan fingerprint density at radius 2 is 2.17 bits per heavy atom. The minimum atomic E-state index is 0.0835. The number of amides is 2. The lowest BCUT2D eigenvalue weighted by Crippen LogP contribution is -2.26. The average Bonchev–Trinajstić information content (AvgIpc) is 2.35. The number of fused-ring (bicyclic) bond motifs is 1. The summed E-state index contributed by atoms with van der Waals surface area (Å²) in [6.45, 7) is 2.29. The van der Waals surface area contributed by atoms with Crippen LogP contribution in [0, 0.1) is 0 Å². The van der Waals surface area contributed by atoms with Crippen LogP contribution in [-0.2, 0) is 22.4 Å². The molecule has 0 radical (unpaired) electrons. The van der Waals surface area contributed by atoms with Crippen LogP contribution in [0.2, 0.25) is 0 Å². The summed E-state index contributed by atoms with van der Waals surface area (Å²) in [6, 6.07) is 6.09. The molecule has 0 saturated heterocycles. The van der Waals surface area contributed by atoms with E-state index < -0.39 is 0 Å². The van der Waals surface area contributed by atoms with Gasteiger partial charge in [0.05, 0.1) is 0 Å². The number of anilines is 1. The van der Waals surface area contributed by atoms with Crippen molar-refractivity contribution in [3.63, 3.8) is 0 Å². The molecular weight excluding hydrogens is 228 g/mol. The van der Waals surface area contributed by atoms with E-state index >= 15 is 0 Å². The lowest BCUT2D eigenvalue weighted by Gasteiger charge is -2.19. The van der Waals surface area contributed by atoms with Crippen LogP contribution in [0.1, 0.15) is 24.5 Å². The van der Waals surface area contributed by atoms with Crippen LogP contribution in [0.4, 0.5) is 5.69 Å². The summed E-state index contributed by atoms with van der Waals surface area (Å²) < 4.78 is 0. The fourth-order valence-corrected chi connectivity index (χ4v) is 2.05. The van der Waals surface area contributed by atoms with Crippen molar-refractivity contribution in [1.82, 2.24) is 4.90 Å². The summed E-state index contributed by atoms with van der Waals surface area (Å²) in [7, 11) is 1.81.